The number of hydrogen-bond acceptors (Lipinski definition) is 5. The Morgan fingerprint density at radius 2 is 1.79 bits per heavy atom. The lowest BCUT2D eigenvalue weighted by molar-refractivity contribution is -0.119. The van der Waals surface area contributed by atoms with Gasteiger partial charge in [-0.1, -0.05) is 71.9 Å². The van der Waals surface area contributed by atoms with E-state index in [1.165, 1.54) is 11.8 Å². The monoisotopic (exact) mass is 490 g/mol. The highest BCUT2D eigenvalue weighted by atomic mass is 35.5. The molecule has 1 N–H and O–H groups in total. The minimum atomic E-state index is -0.0510. The zero-order valence-electron chi connectivity index (χ0n) is 18.4. The first kappa shape index (κ1) is 22.5. The van der Waals surface area contributed by atoms with Crippen LogP contribution in [0, 0.1) is 0 Å². The van der Waals surface area contributed by atoms with Gasteiger partial charge in [-0.25, -0.2) is 0 Å². The van der Waals surface area contributed by atoms with Crippen LogP contribution in [0.15, 0.2) is 84.0 Å². The van der Waals surface area contributed by atoms with Gasteiger partial charge in [0.25, 0.3) is 0 Å². The maximum atomic E-state index is 12.8. The smallest absolute Gasteiger partial charge is 0.230 e. The summed E-state index contributed by atoms with van der Waals surface area (Å²) in [4.78, 5) is 12.8. The molecule has 3 aromatic carbocycles. The van der Waals surface area contributed by atoms with Crippen LogP contribution < -0.4 is 10.1 Å². The van der Waals surface area contributed by atoms with Gasteiger partial charge in [-0.15, -0.1) is 10.2 Å². The second-order valence-corrected chi connectivity index (χ2v) is 9.35. The topological polar surface area (TPSA) is 69.0 Å². The van der Waals surface area contributed by atoms with Gasteiger partial charge in [0.2, 0.25) is 5.91 Å². The first-order valence-corrected chi connectivity index (χ1v) is 12.4. The number of halogens is 1. The van der Waals surface area contributed by atoms with Crippen LogP contribution in [0.3, 0.4) is 0 Å². The third-order valence-electron chi connectivity index (χ3n) is 5.63. The molecule has 0 radical (unpaired) electrons. The molecule has 172 valence electrons. The van der Waals surface area contributed by atoms with E-state index in [1.54, 1.807) is 0 Å². The summed E-state index contributed by atoms with van der Waals surface area (Å²) in [5.74, 6) is 1.77. The molecule has 0 fully saturated rings. The van der Waals surface area contributed by atoms with Crippen LogP contribution in [0.25, 0.3) is 11.4 Å². The van der Waals surface area contributed by atoms with Crippen LogP contribution in [-0.2, 0) is 11.3 Å². The normalized spacial score (nSPS) is 14.8. The average molecular weight is 491 g/mol. The van der Waals surface area contributed by atoms with Crippen molar-refractivity contribution in [2.24, 2.45) is 0 Å². The summed E-state index contributed by atoms with van der Waals surface area (Å²) in [6, 6.07) is 25.5. The van der Waals surface area contributed by atoms with Gasteiger partial charge < -0.3 is 10.1 Å². The first-order valence-electron chi connectivity index (χ1n) is 11.0. The lowest BCUT2D eigenvalue weighted by atomic mass is 10.0. The van der Waals surface area contributed by atoms with Crippen molar-refractivity contribution >= 4 is 29.3 Å². The van der Waals surface area contributed by atoms with Crippen molar-refractivity contribution in [1.82, 2.24) is 20.1 Å². The predicted molar refractivity (Wildman–Crippen MR) is 134 cm³/mol. The molecule has 8 heteroatoms. The Hall–Kier alpha value is -3.29. The molecule has 0 saturated heterocycles. The number of aromatic nitrogens is 3. The Bertz CT molecular complexity index is 1280. The Kier molecular flexibility index (Phi) is 6.83. The molecule has 1 amide bonds. The quantitative estimate of drug-likeness (QED) is 0.352. The number of rotatable bonds is 7. The molecule has 1 aliphatic heterocycles. The van der Waals surface area contributed by atoms with Crippen LogP contribution in [0.5, 0.6) is 5.75 Å². The SMILES string of the molecule is O=C(CSc1nnc(-c2ccc(Cl)cc2)n1Cc1ccccc1)NC1CCOc2ccccc21. The molecule has 5 rings (SSSR count). The van der Waals surface area contributed by atoms with Crippen LogP contribution in [0.4, 0.5) is 0 Å². The fourth-order valence-electron chi connectivity index (χ4n) is 3.97. The number of para-hydroxylation sites is 1. The van der Waals surface area contributed by atoms with Crippen molar-refractivity contribution in [3.8, 4) is 17.1 Å². The van der Waals surface area contributed by atoms with Gasteiger partial charge in [0.15, 0.2) is 11.0 Å². The number of ether oxygens (including phenoxy) is 1. The van der Waals surface area contributed by atoms with Crippen LogP contribution >= 0.6 is 23.4 Å². The van der Waals surface area contributed by atoms with Gasteiger partial charge in [0.05, 0.1) is 24.9 Å². The van der Waals surface area contributed by atoms with Crippen molar-refractivity contribution in [2.45, 2.75) is 24.2 Å². The molecule has 1 aliphatic rings. The Morgan fingerprint density at radius 1 is 1.03 bits per heavy atom. The van der Waals surface area contributed by atoms with Crippen molar-refractivity contribution in [2.75, 3.05) is 12.4 Å². The molecule has 2 heterocycles. The number of carbonyl (C=O) groups is 1. The molecule has 4 aromatic rings. The van der Waals surface area contributed by atoms with E-state index in [-0.39, 0.29) is 17.7 Å². The minimum absolute atomic E-state index is 0.0472. The molecule has 1 atom stereocenters. The number of carbonyl (C=O) groups excluding carboxylic acids is 1. The van der Waals surface area contributed by atoms with Crippen molar-refractivity contribution < 1.29 is 9.53 Å². The summed E-state index contributed by atoms with van der Waals surface area (Å²) in [7, 11) is 0. The largest absolute Gasteiger partial charge is 0.493 e. The van der Waals surface area contributed by atoms with E-state index < -0.39 is 0 Å². The summed E-state index contributed by atoms with van der Waals surface area (Å²) < 4.78 is 7.74. The fraction of sp³-hybridized carbons (Fsp3) is 0.192. The van der Waals surface area contributed by atoms with Crippen molar-refractivity contribution in [1.29, 1.82) is 0 Å². The highest BCUT2D eigenvalue weighted by Crippen LogP contribution is 2.32. The van der Waals surface area contributed by atoms with E-state index in [0.717, 1.165) is 34.7 Å². The Morgan fingerprint density at radius 3 is 2.62 bits per heavy atom. The summed E-state index contributed by atoms with van der Waals surface area (Å²) in [6.07, 6.45) is 0.748. The molecule has 6 nitrogen and oxygen atoms in total. The standard InChI is InChI=1S/C26H23ClN4O2S/c27-20-12-10-19(11-13-20)25-29-30-26(31(25)16-18-6-2-1-3-7-18)34-17-24(32)28-22-14-15-33-23-9-5-4-8-21(22)23/h1-13,22H,14-17H2,(H,28,32). The molecule has 0 saturated carbocycles. The average Bonchev–Trinajstić information content (AvgIpc) is 3.26. The number of amides is 1. The fourth-order valence-corrected chi connectivity index (χ4v) is 4.85. The van der Waals surface area contributed by atoms with E-state index in [4.69, 9.17) is 16.3 Å². The molecular formula is C26H23ClN4O2S. The van der Waals surface area contributed by atoms with E-state index in [1.807, 2.05) is 71.3 Å². The van der Waals surface area contributed by atoms with E-state index in [9.17, 15) is 4.79 Å². The molecule has 34 heavy (non-hydrogen) atoms. The lowest BCUT2D eigenvalue weighted by Gasteiger charge is -2.26. The Balaban J connectivity index is 1.33. The Labute approximate surface area is 207 Å². The second kappa shape index (κ2) is 10.3. The number of nitrogens with one attached hydrogen (secondary N) is 1. The van der Waals surface area contributed by atoms with E-state index in [0.29, 0.717) is 23.3 Å². The third-order valence-corrected chi connectivity index (χ3v) is 6.85. The molecular weight excluding hydrogens is 468 g/mol. The first-order chi connectivity index (χ1) is 16.7. The zero-order chi connectivity index (χ0) is 23.3. The van der Waals surface area contributed by atoms with Gasteiger partial charge in [0, 0.05) is 22.6 Å². The van der Waals surface area contributed by atoms with Gasteiger partial charge in [-0.3, -0.25) is 9.36 Å². The summed E-state index contributed by atoms with van der Waals surface area (Å²) in [6.45, 7) is 1.19. The maximum Gasteiger partial charge on any atom is 0.230 e. The molecule has 1 aromatic heterocycles. The van der Waals surface area contributed by atoms with Gasteiger partial charge in [-0.2, -0.15) is 0 Å². The van der Waals surface area contributed by atoms with Crippen molar-refractivity contribution in [3.05, 3.63) is 95.0 Å². The highest BCUT2D eigenvalue weighted by Gasteiger charge is 2.23. The zero-order valence-corrected chi connectivity index (χ0v) is 19.9. The van der Waals surface area contributed by atoms with Crippen LogP contribution in [0.1, 0.15) is 23.6 Å². The number of hydrogen-bond donors (Lipinski definition) is 1. The summed E-state index contributed by atoms with van der Waals surface area (Å²) in [5.41, 5.74) is 3.06. The van der Waals surface area contributed by atoms with Crippen molar-refractivity contribution in [3.63, 3.8) is 0 Å². The van der Waals surface area contributed by atoms with E-state index in [2.05, 4.69) is 27.6 Å². The predicted octanol–water partition coefficient (Wildman–Crippen LogP) is 5.38. The third kappa shape index (κ3) is 5.11. The summed E-state index contributed by atoms with van der Waals surface area (Å²) >= 11 is 7.45. The highest BCUT2D eigenvalue weighted by molar-refractivity contribution is 7.99. The number of thioether (sulfide) groups is 1. The molecule has 0 aliphatic carbocycles. The number of fused-ring (bicyclic) bond motifs is 1. The van der Waals surface area contributed by atoms with E-state index >= 15 is 0 Å². The lowest BCUT2D eigenvalue weighted by Crippen LogP contribution is -2.33. The van der Waals surface area contributed by atoms with Crippen LogP contribution in [-0.4, -0.2) is 33.0 Å². The molecule has 0 spiro atoms. The van der Waals surface area contributed by atoms with Gasteiger partial charge in [-0.05, 0) is 35.9 Å². The number of benzene rings is 3. The maximum absolute atomic E-state index is 12.8. The summed E-state index contributed by atoms with van der Waals surface area (Å²) in [5, 5.41) is 13.3. The van der Waals surface area contributed by atoms with Gasteiger partial charge >= 0.3 is 0 Å². The molecule has 1 unspecified atom stereocenters. The molecule has 0 bridgehead atoms. The second-order valence-electron chi connectivity index (χ2n) is 7.97. The van der Waals surface area contributed by atoms with Gasteiger partial charge in [0.1, 0.15) is 5.75 Å². The number of nitrogens with zero attached hydrogens (tertiary/aromatic N) is 3. The van der Waals surface area contributed by atoms with Crippen LogP contribution in [0.2, 0.25) is 5.02 Å². The minimum Gasteiger partial charge on any atom is -0.493 e.